The Hall–Kier alpha value is -0.280. The Balaban J connectivity index is 0.00000144. The van der Waals surface area contributed by atoms with Crippen LogP contribution in [0.5, 0.6) is 0 Å². The molecule has 1 aliphatic carbocycles. The zero-order chi connectivity index (χ0) is 11.2. The van der Waals surface area contributed by atoms with E-state index in [0.717, 1.165) is 32.4 Å². The topological polar surface area (TPSA) is 41.1 Å². The van der Waals surface area contributed by atoms with E-state index >= 15 is 0 Å². The highest BCUT2D eigenvalue weighted by atomic mass is 35.5. The van der Waals surface area contributed by atoms with Crippen molar-refractivity contribution in [2.75, 3.05) is 13.1 Å². The zero-order valence-corrected chi connectivity index (χ0v) is 11.4. The van der Waals surface area contributed by atoms with Crippen molar-refractivity contribution in [1.29, 1.82) is 0 Å². The van der Waals surface area contributed by atoms with E-state index in [1.165, 1.54) is 32.1 Å². The molecular formula is C13H25ClN2O. The fourth-order valence-electron chi connectivity index (χ4n) is 2.88. The minimum atomic E-state index is 0. The number of hydrogen-bond donors (Lipinski definition) is 2. The van der Waals surface area contributed by atoms with Crippen molar-refractivity contribution in [2.45, 2.75) is 57.4 Å². The number of rotatable bonds is 3. The summed E-state index contributed by atoms with van der Waals surface area (Å²) in [5.41, 5.74) is 0. The summed E-state index contributed by atoms with van der Waals surface area (Å²) in [4.78, 5) is 11.8. The van der Waals surface area contributed by atoms with Crippen LogP contribution in [0.25, 0.3) is 0 Å². The van der Waals surface area contributed by atoms with Crippen LogP contribution in [0.15, 0.2) is 0 Å². The molecule has 0 bridgehead atoms. The van der Waals surface area contributed by atoms with Gasteiger partial charge in [0, 0.05) is 12.5 Å². The summed E-state index contributed by atoms with van der Waals surface area (Å²) in [6.45, 7) is 2.17. The van der Waals surface area contributed by atoms with E-state index in [1.807, 2.05) is 0 Å². The molecule has 0 atom stereocenters. The van der Waals surface area contributed by atoms with Crippen LogP contribution >= 0.6 is 12.4 Å². The van der Waals surface area contributed by atoms with Crippen LogP contribution in [0.3, 0.4) is 0 Å². The number of halogens is 1. The molecule has 100 valence electrons. The Morgan fingerprint density at radius 1 is 1.06 bits per heavy atom. The maximum Gasteiger partial charge on any atom is 0.220 e. The maximum absolute atomic E-state index is 11.8. The predicted octanol–water partition coefficient (Wildman–Crippen LogP) is 2.25. The third-order valence-electron chi connectivity index (χ3n) is 3.90. The smallest absolute Gasteiger partial charge is 0.220 e. The summed E-state index contributed by atoms with van der Waals surface area (Å²) in [7, 11) is 0. The van der Waals surface area contributed by atoms with Gasteiger partial charge in [-0.3, -0.25) is 4.79 Å². The molecule has 1 saturated heterocycles. The second-order valence-electron chi connectivity index (χ2n) is 5.30. The van der Waals surface area contributed by atoms with Gasteiger partial charge in [-0.15, -0.1) is 12.4 Å². The Bertz CT molecular complexity index is 201. The number of nitrogens with one attached hydrogen (secondary N) is 2. The van der Waals surface area contributed by atoms with E-state index in [1.54, 1.807) is 0 Å². The molecule has 17 heavy (non-hydrogen) atoms. The Labute approximate surface area is 111 Å². The SMILES string of the molecule is Cl.O=C(CC1CCNCC1)NC1CCCCC1. The van der Waals surface area contributed by atoms with Gasteiger partial charge in [0.15, 0.2) is 0 Å². The molecule has 0 aromatic heterocycles. The largest absolute Gasteiger partial charge is 0.353 e. The molecule has 2 aliphatic rings. The second-order valence-corrected chi connectivity index (χ2v) is 5.30. The van der Waals surface area contributed by atoms with Crippen LogP contribution in [0.4, 0.5) is 0 Å². The number of carbonyl (C=O) groups is 1. The lowest BCUT2D eigenvalue weighted by atomic mass is 9.92. The van der Waals surface area contributed by atoms with Crippen molar-refractivity contribution in [3.05, 3.63) is 0 Å². The van der Waals surface area contributed by atoms with Gasteiger partial charge in [0.2, 0.25) is 5.91 Å². The summed E-state index contributed by atoms with van der Waals surface area (Å²) in [5, 5.41) is 6.54. The summed E-state index contributed by atoms with van der Waals surface area (Å²) >= 11 is 0. The van der Waals surface area contributed by atoms with Gasteiger partial charge in [0.1, 0.15) is 0 Å². The molecule has 1 amide bonds. The maximum atomic E-state index is 11.8. The molecule has 0 aromatic rings. The first kappa shape index (κ1) is 14.8. The van der Waals surface area contributed by atoms with Gasteiger partial charge in [0.05, 0.1) is 0 Å². The van der Waals surface area contributed by atoms with E-state index in [2.05, 4.69) is 10.6 Å². The number of piperidine rings is 1. The van der Waals surface area contributed by atoms with Crippen LogP contribution < -0.4 is 10.6 Å². The Morgan fingerprint density at radius 2 is 1.71 bits per heavy atom. The lowest BCUT2D eigenvalue weighted by molar-refractivity contribution is -0.123. The van der Waals surface area contributed by atoms with Gasteiger partial charge < -0.3 is 10.6 Å². The fourth-order valence-corrected chi connectivity index (χ4v) is 2.88. The normalized spacial score (nSPS) is 22.8. The average molecular weight is 261 g/mol. The molecule has 1 aliphatic heterocycles. The van der Waals surface area contributed by atoms with Crippen molar-refractivity contribution < 1.29 is 4.79 Å². The first-order chi connectivity index (χ1) is 7.84. The second kappa shape index (κ2) is 7.93. The monoisotopic (exact) mass is 260 g/mol. The zero-order valence-electron chi connectivity index (χ0n) is 10.5. The van der Waals surface area contributed by atoms with Gasteiger partial charge >= 0.3 is 0 Å². The van der Waals surface area contributed by atoms with Gasteiger partial charge in [-0.2, -0.15) is 0 Å². The van der Waals surface area contributed by atoms with Crippen LogP contribution in [0.2, 0.25) is 0 Å². The van der Waals surface area contributed by atoms with Gasteiger partial charge in [-0.25, -0.2) is 0 Å². The molecule has 3 nitrogen and oxygen atoms in total. The molecule has 0 spiro atoms. The molecule has 2 rings (SSSR count). The highest BCUT2D eigenvalue weighted by molar-refractivity contribution is 5.85. The van der Waals surface area contributed by atoms with Gasteiger partial charge in [-0.1, -0.05) is 19.3 Å². The Kier molecular flexibility index (Phi) is 6.90. The molecule has 2 N–H and O–H groups in total. The third-order valence-corrected chi connectivity index (χ3v) is 3.90. The fraction of sp³-hybridized carbons (Fsp3) is 0.923. The van der Waals surface area contributed by atoms with Crippen LogP contribution in [-0.2, 0) is 4.79 Å². The standard InChI is InChI=1S/C13H24N2O.ClH/c16-13(10-11-6-8-14-9-7-11)15-12-4-2-1-3-5-12;/h11-12,14H,1-10H2,(H,15,16);1H. The molecule has 0 unspecified atom stereocenters. The highest BCUT2D eigenvalue weighted by Crippen LogP contribution is 2.19. The molecule has 2 fully saturated rings. The van der Waals surface area contributed by atoms with Crippen LogP contribution in [0.1, 0.15) is 51.4 Å². The quantitative estimate of drug-likeness (QED) is 0.817. The van der Waals surface area contributed by atoms with Crippen molar-refractivity contribution in [3.63, 3.8) is 0 Å². The lowest BCUT2D eigenvalue weighted by Gasteiger charge is -2.25. The van der Waals surface area contributed by atoms with Crippen LogP contribution in [-0.4, -0.2) is 25.0 Å². The summed E-state index contributed by atoms with van der Waals surface area (Å²) in [5.74, 6) is 0.906. The molecule has 4 heteroatoms. The van der Waals surface area contributed by atoms with Crippen molar-refractivity contribution in [2.24, 2.45) is 5.92 Å². The van der Waals surface area contributed by atoms with E-state index in [0.29, 0.717) is 17.9 Å². The van der Waals surface area contributed by atoms with Crippen molar-refractivity contribution >= 4 is 18.3 Å². The Morgan fingerprint density at radius 3 is 2.35 bits per heavy atom. The molecule has 1 heterocycles. The lowest BCUT2D eigenvalue weighted by Crippen LogP contribution is -2.38. The van der Waals surface area contributed by atoms with Crippen molar-refractivity contribution in [1.82, 2.24) is 10.6 Å². The summed E-state index contributed by atoms with van der Waals surface area (Å²) < 4.78 is 0. The van der Waals surface area contributed by atoms with Crippen LogP contribution in [0, 0.1) is 5.92 Å². The van der Waals surface area contributed by atoms with E-state index in [4.69, 9.17) is 0 Å². The number of hydrogen-bond acceptors (Lipinski definition) is 2. The molecule has 0 radical (unpaired) electrons. The molecule has 1 saturated carbocycles. The molecule has 0 aromatic carbocycles. The summed E-state index contributed by atoms with van der Waals surface area (Å²) in [6, 6.07) is 0.475. The van der Waals surface area contributed by atoms with Gasteiger partial charge in [0.25, 0.3) is 0 Å². The van der Waals surface area contributed by atoms with Gasteiger partial charge in [-0.05, 0) is 44.7 Å². The predicted molar refractivity (Wildman–Crippen MR) is 72.5 cm³/mol. The van der Waals surface area contributed by atoms with E-state index in [-0.39, 0.29) is 12.4 Å². The minimum absolute atomic E-state index is 0. The third kappa shape index (κ3) is 5.26. The number of carbonyl (C=O) groups excluding carboxylic acids is 1. The highest BCUT2D eigenvalue weighted by Gasteiger charge is 2.20. The molecular weight excluding hydrogens is 236 g/mol. The minimum Gasteiger partial charge on any atom is -0.353 e. The average Bonchev–Trinajstić information content (AvgIpc) is 2.31. The first-order valence-corrected chi connectivity index (χ1v) is 6.84. The number of amides is 1. The first-order valence-electron chi connectivity index (χ1n) is 6.84. The van der Waals surface area contributed by atoms with E-state index < -0.39 is 0 Å². The van der Waals surface area contributed by atoms with Crippen molar-refractivity contribution in [3.8, 4) is 0 Å². The summed E-state index contributed by atoms with van der Waals surface area (Å²) in [6.07, 6.45) is 9.39. The van der Waals surface area contributed by atoms with E-state index in [9.17, 15) is 4.79 Å².